The summed E-state index contributed by atoms with van der Waals surface area (Å²) >= 11 is 1.36. The maximum absolute atomic E-state index is 11.0. The van der Waals surface area contributed by atoms with Crippen molar-refractivity contribution < 1.29 is 14.3 Å². The van der Waals surface area contributed by atoms with E-state index in [2.05, 4.69) is 4.98 Å². The molecule has 0 saturated heterocycles. The summed E-state index contributed by atoms with van der Waals surface area (Å²) in [5.41, 5.74) is 1.03. The Labute approximate surface area is 103 Å². The fourth-order valence-electron chi connectivity index (χ4n) is 1.34. The van der Waals surface area contributed by atoms with Crippen molar-refractivity contribution in [3.8, 4) is 0 Å². The fourth-order valence-corrected chi connectivity index (χ4v) is 2.30. The number of carboxylic acids is 1. The first kappa shape index (κ1) is 11.7. The van der Waals surface area contributed by atoms with E-state index in [4.69, 9.17) is 9.52 Å². The zero-order chi connectivity index (χ0) is 12.3. The maximum atomic E-state index is 11.0. The monoisotopic (exact) mass is 249 g/mol. The third-order valence-corrected chi connectivity index (χ3v) is 3.17. The first-order valence-electron chi connectivity index (χ1n) is 5.03. The number of hydrogen-bond acceptors (Lipinski definition) is 4. The molecular weight excluding hydrogens is 238 g/mol. The van der Waals surface area contributed by atoms with E-state index in [-0.39, 0.29) is 5.56 Å². The summed E-state index contributed by atoms with van der Waals surface area (Å²) in [5, 5.41) is 9.56. The smallest absolute Gasteiger partial charge is 0.338 e. The summed E-state index contributed by atoms with van der Waals surface area (Å²) in [6.07, 6.45) is 1.59. The van der Waals surface area contributed by atoms with Crippen LogP contribution in [-0.4, -0.2) is 16.1 Å². The summed E-state index contributed by atoms with van der Waals surface area (Å²) in [7, 11) is 0. The molecule has 88 valence electrons. The van der Waals surface area contributed by atoms with E-state index in [1.807, 2.05) is 13.0 Å². The number of nitrogens with zero attached hydrogens (tertiary/aromatic N) is 1. The van der Waals surface area contributed by atoms with Gasteiger partial charge in [0.2, 0.25) is 0 Å². The summed E-state index contributed by atoms with van der Waals surface area (Å²) in [6.45, 7) is 1.84. The quantitative estimate of drug-likeness (QED) is 0.844. The predicted octanol–water partition coefficient (Wildman–Crippen LogP) is 2.97. The van der Waals surface area contributed by atoms with Crippen LogP contribution in [0.1, 0.15) is 21.8 Å². The van der Waals surface area contributed by atoms with Crippen LogP contribution in [0.25, 0.3) is 0 Å². The van der Waals surface area contributed by atoms with Crippen LogP contribution in [0.3, 0.4) is 0 Å². The Balaban J connectivity index is 2.19. The lowest BCUT2D eigenvalue weighted by molar-refractivity contribution is 0.0692. The van der Waals surface area contributed by atoms with E-state index >= 15 is 0 Å². The molecular formula is C12H11NO3S. The van der Waals surface area contributed by atoms with Crippen molar-refractivity contribution in [1.82, 2.24) is 4.98 Å². The van der Waals surface area contributed by atoms with Crippen molar-refractivity contribution in [3.63, 3.8) is 0 Å². The largest absolute Gasteiger partial charge is 0.478 e. The van der Waals surface area contributed by atoms with Gasteiger partial charge in [-0.05, 0) is 31.2 Å². The van der Waals surface area contributed by atoms with E-state index < -0.39 is 5.97 Å². The van der Waals surface area contributed by atoms with Crippen LogP contribution in [0.2, 0.25) is 0 Å². The van der Waals surface area contributed by atoms with Crippen LogP contribution < -0.4 is 0 Å². The van der Waals surface area contributed by atoms with E-state index in [1.165, 1.54) is 11.8 Å². The predicted molar refractivity (Wildman–Crippen MR) is 64.2 cm³/mol. The van der Waals surface area contributed by atoms with Crippen LogP contribution >= 0.6 is 11.8 Å². The molecule has 0 fully saturated rings. The minimum atomic E-state index is -0.959. The molecule has 0 unspecified atom stereocenters. The van der Waals surface area contributed by atoms with Gasteiger partial charge < -0.3 is 9.52 Å². The van der Waals surface area contributed by atoms with E-state index in [0.29, 0.717) is 10.8 Å². The van der Waals surface area contributed by atoms with Gasteiger partial charge in [0, 0.05) is 5.69 Å². The number of hydrogen-bond donors (Lipinski definition) is 1. The van der Waals surface area contributed by atoms with Crippen molar-refractivity contribution >= 4 is 17.7 Å². The lowest BCUT2D eigenvalue weighted by atomic mass is 10.2. The molecule has 4 nitrogen and oxygen atoms in total. The SMILES string of the molecule is Cc1ccc(C(=O)O)c(SCc2ccco2)n1. The standard InChI is InChI=1S/C12H11NO3S/c1-8-4-5-10(12(14)15)11(13-8)17-7-9-3-2-6-16-9/h2-6H,7H2,1H3,(H,14,15). The minimum Gasteiger partial charge on any atom is -0.478 e. The number of aromatic carboxylic acids is 1. The lowest BCUT2D eigenvalue weighted by Gasteiger charge is -2.04. The molecule has 2 aromatic rings. The molecule has 0 spiro atoms. The van der Waals surface area contributed by atoms with Gasteiger partial charge in [0.05, 0.1) is 17.6 Å². The maximum Gasteiger partial charge on any atom is 0.338 e. The Hall–Kier alpha value is -1.75. The Kier molecular flexibility index (Phi) is 3.49. The molecule has 0 aliphatic rings. The molecule has 0 aromatic carbocycles. The average molecular weight is 249 g/mol. The fraction of sp³-hybridized carbons (Fsp3) is 0.167. The Morgan fingerprint density at radius 3 is 2.94 bits per heavy atom. The molecule has 2 rings (SSSR count). The normalized spacial score (nSPS) is 10.4. The highest BCUT2D eigenvalue weighted by molar-refractivity contribution is 7.98. The molecule has 1 N–H and O–H groups in total. The summed E-state index contributed by atoms with van der Waals surface area (Å²) < 4.78 is 5.19. The molecule has 0 atom stereocenters. The Morgan fingerprint density at radius 2 is 2.29 bits per heavy atom. The van der Waals surface area contributed by atoms with Gasteiger partial charge in [-0.3, -0.25) is 0 Å². The van der Waals surface area contributed by atoms with Crippen molar-refractivity contribution in [1.29, 1.82) is 0 Å². The second-order valence-corrected chi connectivity index (χ2v) is 4.44. The number of furan rings is 1. The van der Waals surface area contributed by atoms with Crippen LogP contribution in [0.5, 0.6) is 0 Å². The third kappa shape index (κ3) is 2.88. The van der Waals surface area contributed by atoms with Gasteiger partial charge >= 0.3 is 5.97 Å². The summed E-state index contributed by atoms with van der Waals surface area (Å²) in [6, 6.07) is 6.93. The summed E-state index contributed by atoms with van der Waals surface area (Å²) in [5.74, 6) is 0.415. The van der Waals surface area contributed by atoms with Crippen molar-refractivity contribution in [2.24, 2.45) is 0 Å². The molecule has 17 heavy (non-hydrogen) atoms. The Morgan fingerprint density at radius 1 is 1.47 bits per heavy atom. The Bertz CT molecular complexity index is 523. The molecule has 0 aliphatic heterocycles. The van der Waals surface area contributed by atoms with Crippen molar-refractivity contribution in [2.45, 2.75) is 17.7 Å². The van der Waals surface area contributed by atoms with Gasteiger partial charge in [0.25, 0.3) is 0 Å². The highest BCUT2D eigenvalue weighted by Gasteiger charge is 2.12. The van der Waals surface area contributed by atoms with Gasteiger partial charge in [0.15, 0.2) is 0 Å². The van der Waals surface area contributed by atoms with Gasteiger partial charge in [-0.15, -0.1) is 0 Å². The number of carbonyl (C=O) groups is 1. The highest BCUT2D eigenvalue weighted by Crippen LogP contribution is 2.25. The number of thioether (sulfide) groups is 1. The molecule has 5 heteroatoms. The minimum absolute atomic E-state index is 0.229. The zero-order valence-corrected chi connectivity index (χ0v) is 10.0. The second-order valence-electron chi connectivity index (χ2n) is 3.48. The van der Waals surface area contributed by atoms with Crippen molar-refractivity contribution in [3.05, 3.63) is 47.5 Å². The number of carboxylic acid groups (broad SMARTS) is 1. The van der Waals surface area contributed by atoms with Gasteiger partial charge in [-0.1, -0.05) is 11.8 Å². The highest BCUT2D eigenvalue weighted by atomic mass is 32.2. The molecule has 0 aliphatic carbocycles. The number of pyridine rings is 1. The lowest BCUT2D eigenvalue weighted by Crippen LogP contribution is -2.01. The molecule has 0 radical (unpaired) electrons. The number of aromatic nitrogens is 1. The van der Waals surface area contributed by atoms with Crippen LogP contribution in [0.15, 0.2) is 40.0 Å². The summed E-state index contributed by atoms with van der Waals surface area (Å²) in [4.78, 5) is 15.3. The van der Waals surface area contributed by atoms with Gasteiger partial charge in [-0.25, -0.2) is 9.78 Å². The van der Waals surface area contributed by atoms with E-state index in [0.717, 1.165) is 11.5 Å². The zero-order valence-electron chi connectivity index (χ0n) is 9.21. The second kappa shape index (κ2) is 5.05. The molecule has 2 aromatic heterocycles. The molecule has 2 heterocycles. The first-order chi connectivity index (χ1) is 8.16. The first-order valence-corrected chi connectivity index (χ1v) is 6.01. The molecule has 0 amide bonds. The van der Waals surface area contributed by atoms with Crippen LogP contribution in [0, 0.1) is 6.92 Å². The van der Waals surface area contributed by atoms with Gasteiger partial charge in [0.1, 0.15) is 10.8 Å². The number of aryl methyl sites for hydroxylation is 1. The van der Waals surface area contributed by atoms with Crippen LogP contribution in [-0.2, 0) is 5.75 Å². The number of rotatable bonds is 4. The average Bonchev–Trinajstić information content (AvgIpc) is 2.78. The van der Waals surface area contributed by atoms with E-state index in [1.54, 1.807) is 24.5 Å². The van der Waals surface area contributed by atoms with Crippen LogP contribution in [0.4, 0.5) is 0 Å². The van der Waals surface area contributed by atoms with E-state index in [9.17, 15) is 4.79 Å². The van der Waals surface area contributed by atoms with Gasteiger partial charge in [-0.2, -0.15) is 0 Å². The molecule has 0 bridgehead atoms. The topological polar surface area (TPSA) is 63.3 Å². The van der Waals surface area contributed by atoms with Crippen molar-refractivity contribution in [2.75, 3.05) is 0 Å². The molecule has 0 saturated carbocycles. The third-order valence-electron chi connectivity index (χ3n) is 2.16.